The van der Waals surface area contributed by atoms with Gasteiger partial charge in [-0.3, -0.25) is 14.6 Å². The summed E-state index contributed by atoms with van der Waals surface area (Å²) < 4.78 is 4.66. The first kappa shape index (κ1) is 14.5. The number of amides is 1. The molecular weight excluding hydrogens is 256 g/mol. The summed E-state index contributed by atoms with van der Waals surface area (Å²) in [7, 11) is 1.37. The van der Waals surface area contributed by atoms with Crippen LogP contribution < -0.4 is 0 Å². The number of carbonyl (C=O) groups is 2. The number of ether oxygens (including phenoxy) is 1. The first-order chi connectivity index (χ1) is 9.72. The van der Waals surface area contributed by atoms with E-state index in [1.165, 1.54) is 7.11 Å². The van der Waals surface area contributed by atoms with Gasteiger partial charge in [-0.25, -0.2) is 0 Å². The van der Waals surface area contributed by atoms with Crippen LogP contribution in [0.2, 0.25) is 0 Å². The lowest BCUT2D eigenvalue weighted by Gasteiger charge is -2.28. The van der Waals surface area contributed by atoms with Gasteiger partial charge < -0.3 is 9.64 Å². The van der Waals surface area contributed by atoms with Gasteiger partial charge in [-0.05, 0) is 25.0 Å². The Bertz CT molecular complexity index is 455. The Balaban J connectivity index is 2.09. The van der Waals surface area contributed by atoms with E-state index in [0.29, 0.717) is 12.1 Å². The molecule has 0 bridgehead atoms. The average Bonchev–Trinajstić information content (AvgIpc) is 3.02. The molecule has 20 heavy (non-hydrogen) atoms. The minimum absolute atomic E-state index is 0.0473. The van der Waals surface area contributed by atoms with Crippen LogP contribution in [0.15, 0.2) is 24.5 Å². The van der Waals surface area contributed by atoms with E-state index in [9.17, 15) is 9.59 Å². The number of aromatic nitrogens is 1. The molecule has 1 aromatic heterocycles. The van der Waals surface area contributed by atoms with Crippen molar-refractivity contribution in [1.29, 1.82) is 0 Å². The summed E-state index contributed by atoms with van der Waals surface area (Å²) in [4.78, 5) is 29.7. The van der Waals surface area contributed by atoms with Crippen LogP contribution in [-0.2, 0) is 9.53 Å². The Kier molecular flexibility index (Phi) is 5.09. The minimum atomic E-state index is -0.285. The van der Waals surface area contributed by atoms with E-state index in [1.807, 2.05) is 0 Å². The van der Waals surface area contributed by atoms with Gasteiger partial charge in [0, 0.05) is 25.0 Å². The zero-order valence-electron chi connectivity index (χ0n) is 11.7. The topological polar surface area (TPSA) is 59.5 Å². The van der Waals surface area contributed by atoms with E-state index in [0.717, 1.165) is 25.7 Å². The van der Waals surface area contributed by atoms with E-state index in [-0.39, 0.29) is 24.3 Å². The summed E-state index contributed by atoms with van der Waals surface area (Å²) in [5, 5.41) is 0. The second-order valence-electron chi connectivity index (χ2n) is 5.00. The van der Waals surface area contributed by atoms with Gasteiger partial charge in [0.15, 0.2) is 0 Å². The molecule has 0 unspecified atom stereocenters. The molecule has 108 valence electrons. The fourth-order valence-electron chi connectivity index (χ4n) is 2.63. The Hall–Kier alpha value is -1.91. The molecule has 1 aliphatic carbocycles. The number of nitrogens with zero attached hydrogens (tertiary/aromatic N) is 2. The molecule has 5 heteroatoms. The SMILES string of the molecule is COC(=O)CCN(C(=O)c1cccnc1)C1CCCC1. The van der Waals surface area contributed by atoms with Crippen molar-refractivity contribution in [3.63, 3.8) is 0 Å². The van der Waals surface area contributed by atoms with Crippen molar-refractivity contribution in [2.75, 3.05) is 13.7 Å². The Morgan fingerprint density at radius 1 is 1.40 bits per heavy atom. The van der Waals surface area contributed by atoms with E-state index in [4.69, 9.17) is 0 Å². The van der Waals surface area contributed by atoms with Crippen LogP contribution in [0.25, 0.3) is 0 Å². The fraction of sp³-hybridized carbons (Fsp3) is 0.533. The van der Waals surface area contributed by atoms with Crippen molar-refractivity contribution in [3.8, 4) is 0 Å². The number of hydrogen-bond acceptors (Lipinski definition) is 4. The zero-order chi connectivity index (χ0) is 14.4. The minimum Gasteiger partial charge on any atom is -0.469 e. The third kappa shape index (κ3) is 3.56. The van der Waals surface area contributed by atoms with Crippen molar-refractivity contribution < 1.29 is 14.3 Å². The highest BCUT2D eigenvalue weighted by molar-refractivity contribution is 5.94. The van der Waals surface area contributed by atoms with Crippen molar-refractivity contribution in [3.05, 3.63) is 30.1 Å². The number of hydrogen-bond donors (Lipinski definition) is 0. The van der Waals surface area contributed by atoms with Crippen LogP contribution >= 0.6 is 0 Å². The molecule has 0 radical (unpaired) electrons. The largest absolute Gasteiger partial charge is 0.469 e. The quantitative estimate of drug-likeness (QED) is 0.772. The molecule has 2 rings (SSSR count). The maximum Gasteiger partial charge on any atom is 0.307 e. The normalized spacial score (nSPS) is 15.1. The predicted octanol–water partition coefficient (Wildman–Crippen LogP) is 2.03. The molecule has 1 aliphatic rings. The summed E-state index contributed by atoms with van der Waals surface area (Å²) in [6, 6.07) is 3.74. The van der Waals surface area contributed by atoms with Gasteiger partial charge in [0.25, 0.3) is 5.91 Å². The number of carbonyl (C=O) groups excluding carboxylic acids is 2. The molecule has 1 saturated carbocycles. The summed E-state index contributed by atoms with van der Waals surface area (Å²) in [6.45, 7) is 0.408. The molecule has 0 N–H and O–H groups in total. The van der Waals surface area contributed by atoms with E-state index in [2.05, 4.69) is 9.72 Å². The maximum atomic E-state index is 12.6. The molecule has 0 aromatic carbocycles. The zero-order valence-corrected chi connectivity index (χ0v) is 11.7. The maximum absolute atomic E-state index is 12.6. The molecule has 5 nitrogen and oxygen atoms in total. The van der Waals surface area contributed by atoms with Gasteiger partial charge in [-0.1, -0.05) is 12.8 Å². The molecule has 1 aromatic rings. The Morgan fingerprint density at radius 2 is 2.15 bits per heavy atom. The van der Waals surface area contributed by atoms with Crippen LogP contribution in [0.3, 0.4) is 0 Å². The number of methoxy groups -OCH3 is 1. The number of rotatable bonds is 5. The van der Waals surface area contributed by atoms with Crippen molar-refractivity contribution in [1.82, 2.24) is 9.88 Å². The van der Waals surface area contributed by atoms with E-state index in [1.54, 1.807) is 29.4 Å². The highest BCUT2D eigenvalue weighted by Crippen LogP contribution is 2.25. The van der Waals surface area contributed by atoms with Gasteiger partial charge in [-0.2, -0.15) is 0 Å². The molecule has 0 saturated heterocycles. The van der Waals surface area contributed by atoms with Crippen LogP contribution in [0.5, 0.6) is 0 Å². The highest BCUT2D eigenvalue weighted by atomic mass is 16.5. The lowest BCUT2D eigenvalue weighted by molar-refractivity contribution is -0.140. The highest BCUT2D eigenvalue weighted by Gasteiger charge is 2.27. The van der Waals surface area contributed by atoms with E-state index >= 15 is 0 Å². The second-order valence-corrected chi connectivity index (χ2v) is 5.00. The van der Waals surface area contributed by atoms with Gasteiger partial charge >= 0.3 is 5.97 Å². The van der Waals surface area contributed by atoms with Gasteiger partial charge in [0.1, 0.15) is 0 Å². The van der Waals surface area contributed by atoms with Crippen LogP contribution in [0, 0.1) is 0 Å². The first-order valence-electron chi connectivity index (χ1n) is 7.00. The Morgan fingerprint density at radius 3 is 2.75 bits per heavy atom. The number of esters is 1. The molecular formula is C15H20N2O3. The lowest BCUT2D eigenvalue weighted by atomic mass is 10.1. The average molecular weight is 276 g/mol. The second kappa shape index (κ2) is 7.03. The first-order valence-corrected chi connectivity index (χ1v) is 7.00. The summed E-state index contributed by atoms with van der Waals surface area (Å²) in [6.07, 6.45) is 7.74. The summed E-state index contributed by atoms with van der Waals surface area (Å²) in [5.41, 5.74) is 0.573. The summed E-state index contributed by atoms with van der Waals surface area (Å²) in [5.74, 6) is -0.333. The van der Waals surface area contributed by atoms with Gasteiger partial charge in [0.2, 0.25) is 0 Å². The number of pyridine rings is 1. The third-order valence-electron chi connectivity index (χ3n) is 3.72. The van der Waals surface area contributed by atoms with Gasteiger partial charge in [-0.15, -0.1) is 0 Å². The molecule has 1 heterocycles. The van der Waals surface area contributed by atoms with Crippen molar-refractivity contribution >= 4 is 11.9 Å². The smallest absolute Gasteiger partial charge is 0.307 e. The Labute approximate surface area is 118 Å². The fourth-order valence-corrected chi connectivity index (χ4v) is 2.63. The van der Waals surface area contributed by atoms with Crippen molar-refractivity contribution in [2.24, 2.45) is 0 Å². The lowest BCUT2D eigenvalue weighted by Crippen LogP contribution is -2.40. The van der Waals surface area contributed by atoms with Crippen LogP contribution in [0.4, 0.5) is 0 Å². The van der Waals surface area contributed by atoms with Crippen molar-refractivity contribution in [2.45, 2.75) is 38.1 Å². The predicted molar refractivity (Wildman–Crippen MR) is 74.2 cm³/mol. The third-order valence-corrected chi connectivity index (χ3v) is 3.72. The monoisotopic (exact) mass is 276 g/mol. The van der Waals surface area contributed by atoms with Crippen LogP contribution in [0.1, 0.15) is 42.5 Å². The van der Waals surface area contributed by atoms with Crippen LogP contribution in [-0.4, -0.2) is 41.5 Å². The van der Waals surface area contributed by atoms with Gasteiger partial charge in [0.05, 0.1) is 19.1 Å². The molecule has 1 amide bonds. The molecule has 0 aliphatic heterocycles. The van der Waals surface area contributed by atoms with E-state index < -0.39 is 0 Å². The standard InChI is InChI=1S/C15H20N2O3/c1-20-14(18)8-10-17(13-6-2-3-7-13)15(19)12-5-4-9-16-11-12/h4-5,9,11,13H,2-3,6-8,10H2,1H3. The molecule has 1 fully saturated rings. The molecule has 0 atom stereocenters. The molecule has 0 spiro atoms. The summed E-state index contributed by atoms with van der Waals surface area (Å²) >= 11 is 0.